The highest BCUT2D eigenvalue weighted by molar-refractivity contribution is 5.58. The fourth-order valence-electron chi connectivity index (χ4n) is 2.24. The Kier molecular flexibility index (Phi) is 3.05. The van der Waals surface area contributed by atoms with Gasteiger partial charge in [0.05, 0.1) is 24.7 Å². The molecular weight excluding hydrogens is 278 g/mol. The van der Waals surface area contributed by atoms with Gasteiger partial charge in [-0.05, 0) is 36.4 Å². The number of rotatable bonds is 4. The van der Waals surface area contributed by atoms with Crippen molar-refractivity contribution in [1.29, 1.82) is 0 Å². The molecule has 0 unspecified atom stereocenters. The smallest absolute Gasteiger partial charge is 0.154 e. The molecule has 22 heavy (non-hydrogen) atoms. The Balaban J connectivity index is 1.64. The topological polar surface area (TPSA) is 68.2 Å². The van der Waals surface area contributed by atoms with Crippen LogP contribution >= 0.6 is 0 Å². The summed E-state index contributed by atoms with van der Waals surface area (Å²) in [6, 6.07) is 13.4. The molecule has 0 bridgehead atoms. The van der Waals surface area contributed by atoms with E-state index in [1.807, 2.05) is 42.5 Å². The van der Waals surface area contributed by atoms with Crippen LogP contribution in [-0.4, -0.2) is 19.6 Å². The van der Waals surface area contributed by atoms with Crippen molar-refractivity contribution >= 4 is 11.5 Å². The molecule has 4 rings (SSSR count). The standard InChI is InChI=1S/C16H13N5O/c1-2-8-17-12(4-1)10-18-15-6-7-16-19-11-13(21(16)20-15)14-5-3-9-22-14/h1-9,11H,10H2,(H,18,20). The van der Waals surface area contributed by atoms with E-state index in [1.165, 1.54) is 0 Å². The van der Waals surface area contributed by atoms with Crippen LogP contribution in [0.4, 0.5) is 5.82 Å². The van der Waals surface area contributed by atoms with Crippen LogP contribution < -0.4 is 5.32 Å². The van der Waals surface area contributed by atoms with Crippen LogP contribution in [0.3, 0.4) is 0 Å². The molecule has 0 aliphatic carbocycles. The molecule has 0 aromatic carbocycles. The Morgan fingerprint density at radius 3 is 2.86 bits per heavy atom. The average molecular weight is 291 g/mol. The van der Waals surface area contributed by atoms with E-state index < -0.39 is 0 Å². The number of pyridine rings is 1. The van der Waals surface area contributed by atoms with Crippen molar-refractivity contribution in [2.75, 3.05) is 5.32 Å². The third-order valence-corrected chi connectivity index (χ3v) is 3.31. The van der Waals surface area contributed by atoms with Crippen molar-refractivity contribution in [1.82, 2.24) is 19.6 Å². The van der Waals surface area contributed by atoms with E-state index in [0.717, 1.165) is 28.6 Å². The van der Waals surface area contributed by atoms with E-state index in [1.54, 1.807) is 23.2 Å². The number of hydrogen-bond donors (Lipinski definition) is 1. The van der Waals surface area contributed by atoms with E-state index >= 15 is 0 Å². The SMILES string of the molecule is c1ccc(CNc2ccc3ncc(-c4ccco4)n3n2)nc1. The molecule has 4 heterocycles. The molecule has 0 aliphatic heterocycles. The van der Waals surface area contributed by atoms with Crippen LogP contribution in [-0.2, 0) is 6.54 Å². The second-order valence-corrected chi connectivity index (χ2v) is 4.78. The van der Waals surface area contributed by atoms with Gasteiger partial charge in [0.15, 0.2) is 11.4 Å². The Morgan fingerprint density at radius 1 is 1.05 bits per heavy atom. The van der Waals surface area contributed by atoms with Crippen LogP contribution in [0, 0.1) is 0 Å². The number of imidazole rings is 1. The quantitative estimate of drug-likeness (QED) is 0.626. The minimum atomic E-state index is 0.615. The fraction of sp³-hybridized carbons (Fsp3) is 0.0625. The molecule has 0 spiro atoms. The fourth-order valence-corrected chi connectivity index (χ4v) is 2.24. The maximum absolute atomic E-state index is 5.42. The highest BCUT2D eigenvalue weighted by Gasteiger charge is 2.10. The predicted octanol–water partition coefficient (Wildman–Crippen LogP) is 3.00. The lowest BCUT2D eigenvalue weighted by atomic mass is 10.3. The summed E-state index contributed by atoms with van der Waals surface area (Å²) in [5.41, 5.74) is 2.55. The second kappa shape index (κ2) is 5.33. The lowest BCUT2D eigenvalue weighted by Crippen LogP contribution is -2.05. The molecule has 6 nitrogen and oxygen atoms in total. The number of nitrogens with one attached hydrogen (secondary N) is 1. The number of anilines is 1. The molecule has 0 radical (unpaired) electrons. The van der Waals surface area contributed by atoms with Crippen molar-refractivity contribution in [3.8, 4) is 11.5 Å². The summed E-state index contributed by atoms with van der Waals surface area (Å²) in [7, 11) is 0. The molecule has 0 saturated heterocycles. The van der Waals surface area contributed by atoms with Gasteiger partial charge in [0.1, 0.15) is 11.5 Å². The van der Waals surface area contributed by atoms with E-state index in [-0.39, 0.29) is 0 Å². The Bertz CT molecular complexity index is 883. The van der Waals surface area contributed by atoms with E-state index in [0.29, 0.717) is 6.54 Å². The molecule has 0 atom stereocenters. The van der Waals surface area contributed by atoms with Crippen molar-refractivity contribution in [2.24, 2.45) is 0 Å². The zero-order chi connectivity index (χ0) is 14.8. The van der Waals surface area contributed by atoms with Gasteiger partial charge in [0.2, 0.25) is 0 Å². The molecule has 6 heteroatoms. The van der Waals surface area contributed by atoms with Crippen LogP contribution in [0.15, 0.2) is 65.5 Å². The van der Waals surface area contributed by atoms with Gasteiger partial charge in [-0.1, -0.05) is 6.07 Å². The first-order chi connectivity index (χ1) is 10.9. The first kappa shape index (κ1) is 12.6. The summed E-state index contributed by atoms with van der Waals surface area (Å²) in [6.45, 7) is 0.615. The molecule has 0 saturated carbocycles. The van der Waals surface area contributed by atoms with Gasteiger partial charge in [-0.25, -0.2) is 9.50 Å². The summed E-state index contributed by atoms with van der Waals surface area (Å²) in [5.74, 6) is 1.49. The minimum Gasteiger partial charge on any atom is -0.463 e. The normalized spacial score (nSPS) is 10.9. The Hall–Kier alpha value is -3.15. The van der Waals surface area contributed by atoms with Crippen molar-refractivity contribution in [3.05, 3.63) is 66.8 Å². The Morgan fingerprint density at radius 2 is 2.05 bits per heavy atom. The van der Waals surface area contributed by atoms with Gasteiger partial charge in [0.25, 0.3) is 0 Å². The first-order valence-electron chi connectivity index (χ1n) is 6.92. The van der Waals surface area contributed by atoms with Crippen LogP contribution in [0.5, 0.6) is 0 Å². The third-order valence-electron chi connectivity index (χ3n) is 3.31. The highest BCUT2D eigenvalue weighted by Crippen LogP contribution is 2.21. The molecular formula is C16H13N5O. The minimum absolute atomic E-state index is 0.615. The Labute approximate surface area is 126 Å². The molecule has 1 N–H and O–H groups in total. The number of hydrogen-bond acceptors (Lipinski definition) is 5. The second-order valence-electron chi connectivity index (χ2n) is 4.78. The van der Waals surface area contributed by atoms with Gasteiger partial charge >= 0.3 is 0 Å². The van der Waals surface area contributed by atoms with Gasteiger partial charge < -0.3 is 9.73 Å². The van der Waals surface area contributed by atoms with Crippen LogP contribution in [0.2, 0.25) is 0 Å². The summed E-state index contributed by atoms with van der Waals surface area (Å²) in [4.78, 5) is 8.61. The van der Waals surface area contributed by atoms with Crippen molar-refractivity contribution < 1.29 is 4.42 Å². The zero-order valence-corrected chi connectivity index (χ0v) is 11.7. The third kappa shape index (κ3) is 2.31. The lowest BCUT2D eigenvalue weighted by Gasteiger charge is -2.06. The highest BCUT2D eigenvalue weighted by atomic mass is 16.3. The first-order valence-corrected chi connectivity index (χ1v) is 6.92. The molecule has 4 aromatic rings. The van der Waals surface area contributed by atoms with E-state index in [9.17, 15) is 0 Å². The molecule has 4 aromatic heterocycles. The molecule has 0 aliphatic rings. The number of aromatic nitrogens is 4. The predicted molar refractivity (Wildman–Crippen MR) is 82.3 cm³/mol. The molecule has 108 valence electrons. The average Bonchev–Trinajstić information content (AvgIpc) is 3.22. The largest absolute Gasteiger partial charge is 0.463 e. The number of fused-ring (bicyclic) bond motifs is 1. The monoisotopic (exact) mass is 291 g/mol. The number of nitrogens with zero attached hydrogens (tertiary/aromatic N) is 4. The summed E-state index contributed by atoms with van der Waals surface area (Å²) in [6.07, 6.45) is 5.17. The number of furan rings is 1. The summed E-state index contributed by atoms with van der Waals surface area (Å²) < 4.78 is 7.19. The maximum atomic E-state index is 5.42. The maximum Gasteiger partial charge on any atom is 0.154 e. The van der Waals surface area contributed by atoms with Gasteiger partial charge in [-0.2, -0.15) is 0 Å². The van der Waals surface area contributed by atoms with E-state index in [2.05, 4.69) is 20.4 Å². The summed E-state index contributed by atoms with van der Waals surface area (Å²) in [5, 5.41) is 7.82. The van der Waals surface area contributed by atoms with Crippen molar-refractivity contribution in [2.45, 2.75) is 6.54 Å². The van der Waals surface area contributed by atoms with Crippen LogP contribution in [0.25, 0.3) is 17.1 Å². The van der Waals surface area contributed by atoms with Gasteiger partial charge in [-0.3, -0.25) is 4.98 Å². The molecule has 0 amide bonds. The van der Waals surface area contributed by atoms with Crippen molar-refractivity contribution in [3.63, 3.8) is 0 Å². The lowest BCUT2D eigenvalue weighted by molar-refractivity contribution is 0.578. The summed E-state index contributed by atoms with van der Waals surface area (Å²) >= 11 is 0. The molecule has 0 fully saturated rings. The van der Waals surface area contributed by atoms with Gasteiger partial charge in [0, 0.05) is 6.20 Å². The van der Waals surface area contributed by atoms with Gasteiger partial charge in [-0.15, -0.1) is 5.10 Å². The van der Waals surface area contributed by atoms with E-state index in [4.69, 9.17) is 4.42 Å². The zero-order valence-electron chi connectivity index (χ0n) is 11.7. The van der Waals surface area contributed by atoms with Crippen LogP contribution in [0.1, 0.15) is 5.69 Å².